The predicted molar refractivity (Wildman–Crippen MR) is 247 cm³/mol. The standard InChI is InChI=1S/C57H38N2/c1-4-18-41(19-5-1)58(42-20-6-2-7-21-42)45-34-36-49-48-25-12-14-27-51(48)57(54(49)38-45)52-28-15-13-26-50(52)56-53(57)29-16-30-55(56)59(43-22-8-3-9-23-43)44-33-35-47-40(37-44)32-31-39-17-10-11-24-46(39)47/h1-38H/t57-/m0/s1. The molecule has 59 heavy (non-hydrogen) atoms. The lowest BCUT2D eigenvalue weighted by molar-refractivity contribution is 0.793. The number of benzene rings is 10. The van der Waals surface area contributed by atoms with Gasteiger partial charge in [0.2, 0.25) is 0 Å². The van der Waals surface area contributed by atoms with Crippen molar-refractivity contribution in [1.29, 1.82) is 0 Å². The lowest BCUT2D eigenvalue weighted by Crippen LogP contribution is -2.26. The molecule has 2 heteroatoms. The molecule has 0 aromatic heterocycles. The van der Waals surface area contributed by atoms with Gasteiger partial charge in [-0.25, -0.2) is 0 Å². The summed E-state index contributed by atoms with van der Waals surface area (Å²) in [4.78, 5) is 4.85. The molecule has 0 unspecified atom stereocenters. The van der Waals surface area contributed by atoms with Gasteiger partial charge in [0.25, 0.3) is 0 Å². The van der Waals surface area contributed by atoms with Crippen LogP contribution in [0.3, 0.4) is 0 Å². The first-order valence-corrected chi connectivity index (χ1v) is 20.4. The van der Waals surface area contributed by atoms with Crippen LogP contribution in [0.25, 0.3) is 43.8 Å². The molecule has 10 aromatic rings. The minimum Gasteiger partial charge on any atom is -0.310 e. The monoisotopic (exact) mass is 750 g/mol. The number of para-hydroxylation sites is 3. The third kappa shape index (κ3) is 4.93. The van der Waals surface area contributed by atoms with Crippen molar-refractivity contribution in [3.63, 3.8) is 0 Å². The molecule has 0 aliphatic heterocycles. The Balaban J connectivity index is 1.13. The molecule has 2 aliphatic rings. The molecule has 0 bridgehead atoms. The third-order valence-electron chi connectivity index (χ3n) is 12.6. The zero-order chi connectivity index (χ0) is 38.9. The Bertz CT molecular complexity index is 3190. The average molecular weight is 751 g/mol. The number of rotatable bonds is 6. The molecule has 0 heterocycles. The summed E-state index contributed by atoms with van der Waals surface area (Å²) in [5.74, 6) is 0. The lowest BCUT2D eigenvalue weighted by Gasteiger charge is -2.33. The van der Waals surface area contributed by atoms with Gasteiger partial charge in [0.05, 0.1) is 11.1 Å². The summed E-state index contributed by atoms with van der Waals surface area (Å²) in [6.45, 7) is 0. The molecule has 2 aliphatic carbocycles. The van der Waals surface area contributed by atoms with Crippen LogP contribution in [0.1, 0.15) is 22.3 Å². The highest BCUT2D eigenvalue weighted by atomic mass is 15.1. The van der Waals surface area contributed by atoms with Crippen LogP contribution in [0.5, 0.6) is 0 Å². The summed E-state index contributed by atoms with van der Waals surface area (Å²) in [5, 5.41) is 5.01. The van der Waals surface area contributed by atoms with Gasteiger partial charge in [-0.3, -0.25) is 0 Å². The first-order chi connectivity index (χ1) is 29.3. The van der Waals surface area contributed by atoms with Crippen LogP contribution in [-0.2, 0) is 5.41 Å². The molecule has 0 amide bonds. The molecule has 1 spiro atoms. The molecular weight excluding hydrogens is 713 g/mol. The van der Waals surface area contributed by atoms with Gasteiger partial charge < -0.3 is 9.80 Å². The van der Waals surface area contributed by atoms with E-state index in [0.717, 1.165) is 34.1 Å². The summed E-state index contributed by atoms with van der Waals surface area (Å²) < 4.78 is 0. The van der Waals surface area contributed by atoms with Gasteiger partial charge >= 0.3 is 0 Å². The zero-order valence-corrected chi connectivity index (χ0v) is 32.3. The second-order valence-corrected chi connectivity index (χ2v) is 15.6. The van der Waals surface area contributed by atoms with E-state index in [1.807, 2.05) is 0 Å². The van der Waals surface area contributed by atoms with Crippen LogP contribution in [0.4, 0.5) is 34.1 Å². The van der Waals surface area contributed by atoms with Gasteiger partial charge in [0, 0.05) is 34.0 Å². The molecule has 1 atom stereocenters. The average Bonchev–Trinajstić information content (AvgIpc) is 3.78. The summed E-state index contributed by atoms with van der Waals surface area (Å²) in [7, 11) is 0. The van der Waals surface area contributed by atoms with Crippen molar-refractivity contribution in [2.45, 2.75) is 5.41 Å². The van der Waals surface area contributed by atoms with Gasteiger partial charge in [-0.1, -0.05) is 164 Å². The van der Waals surface area contributed by atoms with Crippen LogP contribution in [0, 0.1) is 0 Å². The van der Waals surface area contributed by atoms with Crippen molar-refractivity contribution in [1.82, 2.24) is 0 Å². The summed E-state index contributed by atoms with van der Waals surface area (Å²) in [6, 6.07) is 84.8. The fourth-order valence-corrected chi connectivity index (χ4v) is 10.2. The van der Waals surface area contributed by atoms with Crippen LogP contribution in [0.15, 0.2) is 231 Å². The van der Waals surface area contributed by atoms with E-state index in [1.165, 1.54) is 66.1 Å². The quantitative estimate of drug-likeness (QED) is 0.156. The molecule has 0 radical (unpaired) electrons. The zero-order valence-electron chi connectivity index (χ0n) is 32.3. The first-order valence-electron chi connectivity index (χ1n) is 20.4. The highest BCUT2D eigenvalue weighted by Gasteiger charge is 2.52. The van der Waals surface area contributed by atoms with E-state index >= 15 is 0 Å². The van der Waals surface area contributed by atoms with Crippen LogP contribution >= 0.6 is 0 Å². The number of anilines is 6. The number of hydrogen-bond donors (Lipinski definition) is 0. The van der Waals surface area contributed by atoms with Gasteiger partial charge in [-0.2, -0.15) is 0 Å². The van der Waals surface area contributed by atoms with Crippen molar-refractivity contribution in [3.05, 3.63) is 253 Å². The maximum atomic E-state index is 2.47. The lowest BCUT2D eigenvalue weighted by atomic mass is 9.70. The summed E-state index contributed by atoms with van der Waals surface area (Å²) in [5.41, 5.74) is 16.6. The first kappa shape index (κ1) is 33.5. The molecule has 276 valence electrons. The fraction of sp³-hybridized carbons (Fsp3) is 0.0175. The van der Waals surface area contributed by atoms with Gasteiger partial charge in [-0.05, 0) is 127 Å². The SMILES string of the molecule is c1ccc(N(c2ccccc2)c2ccc3c(c2)[C@@]2(c4ccccc4-3)c3ccccc3-c3c(N(c4ccccc4)c4ccc5c(ccc6ccccc65)c4)cccc32)cc1. The number of hydrogen-bond acceptors (Lipinski definition) is 2. The van der Waals surface area contributed by atoms with Crippen LogP contribution < -0.4 is 9.80 Å². The largest absolute Gasteiger partial charge is 0.310 e. The Morgan fingerprint density at radius 3 is 1.51 bits per heavy atom. The number of fused-ring (bicyclic) bond motifs is 13. The molecule has 0 saturated heterocycles. The molecular formula is C57H38N2. The van der Waals surface area contributed by atoms with Crippen molar-refractivity contribution < 1.29 is 0 Å². The van der Waals surface area contributed by atoms with Crippen molar-refractivity contribution in [3.8, 4) is 22.3 Å². The Morgan fingerprint density at radius 2 is 0.780 bits per heavy atom. The van der Waals surface area contributed by atoms with Crippen molar-refractivity contribution >= 4 is 55.7 Å². The summed E-state index contributed by atoms with van der Waals surface area (Å²) >= 11 is 0. The van der Waals surface area contributed by atoms with E-state index in [2.05, 4.69) is 240 Å². The molecule has 0 saturated carbocycles. The van der Waals surface area contributed by atoms with Crippen molar-refractivity contribution in [2.24, 2.45) is 0 Å². The Labute approximate surface area is 344 Å². The minimum atomic E-state index is -0.534. The second-order valence-electron chi connectivity index (χ2n) is 15.6. The molecule has 0 fully saturated rings. The Hall–Kier alpha value is -7.68. The predicted octanol–water partition coefficient (Wildman–Crippen LogP) is 15.3. The van der Waals surface area contributed by atoms with Gasteiger partial charge in [0.15, 0.2) is 0 Å². The smallest absolute Gasteiger partial charge is 0.0727 e. The van der Waals surface area contributed by atoms with E-state index in [1.54, 1.807) is 0 Å². The highest BCUT2D eigenvalue weighted by Crippen LogP contribution is 2.65. The fourth-order valence-electron chi connectivity index (χ4n) is 10.2. The molecule has 2 nitrogen and oxygen atoms in total. The van der Waals surface area contributed by atoms with Crippen LogP contribution in [-0.4, -0.2) is 0 Å². The van der Waals surface area contributed by atoms with Crippen LogP contribution in [0.2, 0.25) is 0 Å². The Kier molecular flexibility index (Phi) is 7.48. The van der Waals surface area contributed by atoms with Gasteiger partial charge in [0.1, 0.15) is 0 Å². The van der Waals surface area contributed by atoms with E-state index in [0.29, 0.717) is 0 Å². The van der Waals surface area contributed by atoms with E-state index in [9.17, 15) is 0 Å². The highest BCUT2D eigenvalue weighted by molar-refractivity contribution is 6.09. The second kappa shape index (κ2) is 13.2. The minimum absolute atomic E-state index is 0.534. The van der Waals surface area contributed by atoms with E-state index < -0.39 is 5.41 Å². The molecule has 12 rings (SSSR count). The Morgan fingerprint density at radius 1 is 0.271 bits per heavy atom. The molecule has 10 aromatic carbocycles. The van der Waals surface area contributed by atoms with Crippen molar-refractivity contribution in [2.75, 3.05) is 9.80 Å². The maximum absolute atomic E-state index is 2.47. The van der Waals surface area contributed by atoms with E-state index in [4.69, 9.17) is 0 Å². The maximum Gasteiger partial charge on any atom is 0.0727 e. The number of nitrogens with zero attached hydrogens (tertiary/aromatic N) is 2. The topological polar surface area (TPSA) is 6.48 Å². The summed E-state index contributed by atoms with van der Waals surface area (Å²) in [6.07, 6.45) is 0. The third-order valence-corrected chi connectivity index (χ3v) is 12.6. The molecule has 0 N–H and O–H groups in total. The van der Waals surface area contributed by atoms with Gasteiger partial charge in [-0.15, -0.1) is 0 Å². The normalized spacial score (nSPS) is 14.5. The van der Waals surface area contributed by atoms with E-state index in [-0.39, 0.29) is 0 Å².